The molecule has 0 atom stereocenters. The number of halogens is 1. The van der Waals surface area contributed by atoms with E-state index in [9.17, 15) is 0 Å². The van der Waals surface area contributed by atoms with Crippen LogP contribution in [-0.4, -0.2) is 54.7 Å². The summed E-state index contributed by atoms with van der Waals surface area (Å²) in [7, 11) is 1.59. The van der Waals surface area contributed by atoms with Crippen LogP contribution in [0, 0.1) is 0 Å². The SMILES string of the molecule is COc1nccc(N2CCN(C/C=C/c3ccc(Br)cc3)CC2)n1. The van der Waals surface area contributed by atoms with Crippen LogP contribution in [0.15, 0.2) is 47.1 Å². The molecule has 0 amide bonds. The molecule has 2 aromatic rings. The Labute approximate surface area is 151 Å². The summed E-state index contributed by atoms with van der Waals surface area (Å²) in [5.41, 5.74) is 1.23. The molecule has 0 saturated carbocycles. The molecule has 5 nitrogen and oxygen atoms in total. The number of hydrogen-bond acceptors (Lipinski definition) is 5. The predicted molar refractivity (Wildman–Crippen MR) is 100 cm³/mol. The van der Waals surface area contributed by atoms with Crippen molar-refractivity contribution in [2.24, 2.45) is 0 Å². The predicted octanol–water partition coefficient (Wildman–Crippen LogP) is 3.08. The maximum absolute atomic E-state index is 5.10. The third-order valence-electron chi connectivity index (χ3n) is 4.04. The molecule has 1 aliphatic rings. The summed E-state index contributed by atoms with van der Waals surface area (Å²) in [6, 6.07) is 10.7. The van der Waals surface area contributed by atoms with Gasteiger partial charge in [-0.2, -0.15) is 4.98 Å². The highest BCUT2D eigenvalue weighted by atomic mass is 79.9. The minimum atomic E-state index is 0.423. The third-order valence-corrected chi connectivity index (χ3v) is 4.57. The van der Waals surface area contributed by atoms with E-state index < -0.39 is 0 Å². The topological polar surface area (TPSA) is 41.5 Å². The van der Waals surface area contributed by atoms with Gasteiger partial charge in [0.2, 0.25) is 0 Å². The van der Waals surface area contributed by atoms with Crippen molar-refractivity contribution in [1.82, 2.24) is 14.9 Å². The van der Waals surface area contributed by atoms with E-state index in [4.69, 9.17) is 4.74 Å². The molecule has 1 aliphatic heterocycles. The molecule has 1 aromatic heterocycles. The van der Waals surface area contributed by atoms with Crippen LogP contribution >= 0.6 is 15.9 Å². The van der Waals surface area contributed by atoms with Gasteiger partial charge in [-0.1, -0.05) is 40.2 Å². The number of anilines is 1. The summed E-state index contributed by atoms with van der Waals surface area (Å²) < 4.78 is 6.21. The number of piperazine rings is 1. The number of aromatic nitrogens is 2. The lowest BCUT2D eigenvalue weighted by molar-refractivity contribution is 0.283. The fourth-order valence-corrected chi connectivity index (χ4v) is 2.94. The summed E-state index contributed by atoms with van der Waals surface area (Å²) in [6.45, 7) is 4.95. The molecule has 0 N–H and O–H groups in total. The van der Waals surface area contributed by atoms with Crippen LogP contribution < -0.4 is 9.64 Å². The van der Waals surface area contributed by atoms with Gasteiger partial charge in [0.15, 0.2) is 0 Å². The molecule has 24 heavy (non-hydrogen) atoms. The lowest BCUT2D eigenvalue weighted by Gasteiger charge is -2.34. The number of rotatable bonds is 5. The maximum atomic E-state index is 5.10. The van der Waals surface area contributed by atoms with Crippen LogP contribution in [-0.2, 0) is 0 Å². The largest absolute Gasteiger partial charge is 0.467 e. The fourth-order valence-electron chi connectivity index (χ4n) is 2.68. The van der Waals surface area contributed by atoms with Crippen molar-refractivity contribution in [3.8, 4) is 6.01 Å². The van der Waals surface area contributed by atoms with E-state index in [2.05, 4.69) is 72.1 Å². The maximum Gasteiger partial charge on any atom is 0.318 e. The van der Waals surface area contributed by atoms with Gasteiger partial charge < -0.3 is 9.64 Å². The van der Waals surface area contributed by atoms with Crippen LogP contribution in [0.2, 0.25) is 0 Å². The van der Waals surface area contributed by atoms with E-state index in [1.807, 2.05) is 6.07 Å². The summed E-state index contributed by atoms with van der Waals surface area (Å²) in [6.07, 6.45) is 6.15. The van der Waals surface area contributed by atoms with Gasteiger partial charge in [-0.05, 0) is 23.8 Å². The van der Waals surface area contributed by atoms with Crippen molar-refractivity contribution in [2.45, 2.75) is 0 Å². The van der Waals surface area contributed by atoms with Crippen molar-refractivity contribution in [1.29, 1.82) is 0 Å². The molecule has 1 aromatic carbocycles. The molecular weight excluding hydrogens is 368 g/mol. The fraction of sp³-hybridized carbons (Fsp3) is 0.333. The van der Waals surface area contributed by atoms with E-state index in [1.165, 1.54) is 5.56 Å². The molecule has 1 saturated heterocycles. The number of benzene rings is 1. The second-order valence-electron chi connectivity index (χ2n) is 5.64. The first-order valence-electron chi connectivity index (χ1n) is 8.01. The second kappa shape index (κ2) is 8.26. The average Bonchev–Trinajstić information content (AvgIpc) is 2.64. The Morgan fingerprint density at radius 2 is 1.88 bits per heavy atom. The van der Waals surface area contributed by atoms with Crippen molar-refractivity contribution in [2.75, 3.05) is 44.7 Å². The van der Waals surface area contributed by atoms with Crippen molar-refractivity contribution < 1.29 is 4.74 Å². The first-order valence-corrected chi connectivity index (χ1v) is 8.80. The van der Waals surface area contributed by atoms with Crippen LogP contribution in [0.1, 0.15) is 5.56 Å². The molecular formula is C18H21BrN4O. The van der Waals surface area contributed by atoms with Crippen LogP contribution in [0.5, 0.6) is 6.01 Å². The number of nitrogens with zero attached hydrogens (tertiary/aromatic N) is 4. The lowest BCUT2D eigenvalue weighted by atomic mass is 10.2. The van der Waals surface area contributed by atoms with Gasteiger partial charge in [0.1, 0.15) is 5.82 Å². The molecule has 126 valence electrons. The van der Waals surface area contributed by atoms with Crippen LogP contribution in [0.4, 0.5) is 5.82 Å². The Morgan fingerprint density at radius 3 is 2.58 bits per heavy atom. The van der Waals surface area contributed by atoms with Gasteiger partial charge in [-0.3, -0.25) is 4.90 Å². The normalized spacial score (nSPS) is 15.8. The average molecular weight is 389 g/mol. The third kappa shape index (κ3) is 4.55. The van der Waals surface area contributed by atoms with Crippen molar-refractivity contribution in [3.05, 3.63) is 52.6 Å². The molecule has 6 heteroatoms. The molecule has 0 radical (unpaired) electrons. The van der Waals surface area contributed by atoms with Crippen LogP contribution in [0.25, 0.3) is 6.08 Å². The Morgan fingerprint density at radius 1 is 1.12 bits per heavy atom. The summed E-state index contributed by atoms with van der Waals surface area (Å²) in [4.78, 5) is 13.2. The van der Waals surface area contributed by atoms with Gasteiger partial charge in [0, 0.05) is 43.4 Å². The zero-order valence-electron chi connectivity index (χ0n) is 13.7. The number of methoxy groups -OCH3 is 1. The molecule has 0 aliphatic carbocycles. The summed E-state index contributed by atoms with van der Waals surface area (Å²) in [5.74, 6) is 0.937. The van der Waals surface area contributed by atoms with E-state index >= 15 is 0 Å². The van der Waals surface area contributed by atoms with E-state index in [1.54, 1.807) is 13.3 Å². The molecule has 2 heterocycles. The highest BCUT2D eigenvalue weighted by Gasteiger charge is 2.17. The van der Waals surface area contributed by atoms with Gasteiger partial charge in [0.25, 0.3) is 0 Å². The standard InChI is InChI=1S/C18H21BrN4O/c1-24-18-20-9-8-17(21-18)23-13-11-22(12-14-23)10-2-3-15-4-6-16(19)7-5-15/h2-9H,10-14H2,1H3/b3-2+. The molecule has 0 unspecified atom stereocenters. The summed E-state index contributed by atoms with van der Waals surface area (Å²) >= 11 is 3.46. The smallest absolute Gasteiger partial charge is 0.318 e. The Bertz CT molecular complexity index is 682. The van der Waals surface area contributed by atoms with E-state index in [-0.39, 0.29) is 0 Å². The number of ether oxygens (including phenoxy) is 1. The van der Waals surface area contributed by atoms with Gasteiger partial charge in [-0.25, -0.2) is 4.98 Å². The van der Waals surface area contributed by atoms with Crippen molar-refractivity contribution >= 4 is 27.8 Å². The first kappa shape index (κ1) is 16.9. The van der Waals surface area contributed by atoms with Gasteiger partial charge >= 0.3 is 6.01 Å². The zero-order chi connectivity index (χ0) is 16.8. The monoisotopic (exact) mass is 388 g/mol. The van der Waals surface area contributed by atoms with Crippen LogP contribution in [0.3, 0.4) is 0 Å². The number of hydrogen-bond donors (Lipinski definition) is 0. The second-order valence-corrected chi connectivity index (χ2v) is 6.56. The lowest BCUT2D eigenvalue weighted by Crippen LogP contribution is -2.46. The van der Waals surface area contributed by atoms with Gasteiger partial charge in [0.05, 0.1) is 7.11 Å². The quantitative estimate of drug-likeness (QED) is 0.786. The molecule has 0 bridgehead atoms. The minimum absolute atomic E-state index is 0.423. The highest BCUT2D eigenvalue weighted by molar-refractivity contribution is 9.10. The van der Waals surface area contributed by atoms with Crippen molar-refractivity contribution in [3.63, 3.8) is 0 Å². The molecule has 1 fully saturated rings. The minimum Gasteiger partial charge on any atom is -0.467 e. The molecule has 3 rings (SSSR count). The van der Waals surface area contributed by atoms with E-state index in [0.29, 0.717) is 6.01 Å². The zero-order valence-corrected chi connectivity index (χ0v) is 15.3. The first-order chi connectivity index (χ1) is 11.7. The Kier molecular flexibility index (Phi) is 5.82. The summed E-state index contributed by atoms with van der Waals surface area (Å²) in [5, 5.41) is 0. The Balaban J connectivity index is 1.49. The van der Waals surface area contributed by atoms with Gasteiger partial charge in [-0.15, -0.1) is 0 Å². The molecule has 0 spiro atoms. The highest BCUT2D eigenvalue weighted by Crippen LogP contribution is 2.16. The van der Waals surface area contributed by atoms with E-state index in [0.717, 1.165) is 43.0 Å². The Hall–Kier alpha value is -1.92.